The lowest BCUT2D eigenvalue weighted by atomic mass is 9.47. The lowest BCUT2D eigenvalue weighted by Crippen LogP contribution is -2.49. The first kappa shape index (κ1) is 11.8. The molecule has 0 aliphatic heterocycles. The van der Waals surface area contributed by atoms with Crippen molar-refractivity contribution in [1.82, 2.24) is 0 Å². The SMILES string of the molecule is Cc1cc(O)cc(C)c1C12CC3CC(CC(C3)C1)C2. The molecule has 4 aliphatic carbocycles. The third-order valence-corrected chi connectivity index (χ3v) is 6.09. The van der Waals surface area contributed by atoms with Gasteiger partial charge in [0.05, 0.1) is 0 Å². The number of phenols is 1. The molecular formula is C18H24O. The molecule has 0 radical (unpaired) electrons. The Bertz CT molecular complexity index is 470. The van der Waals surface area contributed by atoms with Crippen molar-refractivity contribution in [2.75, 3.05) is 0 Å². The van der Waals surface area contributed by atoms with Gasteiger partial charge < -0.3 is 5.11 Å². The lowest BCUT2D eigenvalue weighted by molar-refractivity contribution is -0.00575. The Morgan fingerprint density at radius 3 is 1.74 bits per heavy atom. The van der Waals surface area contributed by atoms with Crippen LogP contribution in [0.1, 0.15) is 55.2 Å². The van der Waals surface area contributed by atoms with Gasteiger partial charge in [-0.25, -0.2) is 0 Å². The summed E-state index contributed by atoms with van der Waals surface area (Å²) in [5.74, 6) is 3.39. The number of aryl methyl sites for hydroxylation is 2. The molecule has 0 aromatic heterocycles. The number of rotatable bonds is 1. The minimum absolute atomic E-state index is 0.434. The molecule has 4 aliphatic rings. The second-order valence-electron chi connectivity index (χ2n) is 7.65. The van der Waals surface area contributed by atoms with Gasteiger partial charge in [-0.3, -0.25) is 0 Å². The highest BCUT2D eigenvalue weighted by Gasteiger charge is 2.52. The van der Waals surface area contributed by atoms with Gasteiger partial charge in [-0.05, 0) is 104 Å². The zero-order valence-corrected chi connectivity index (χ0v) is 12.1. The van der Waals surface area contributed by atoms with Crippen LogP contribution in [0.3, 0.4) is 0 Å². The Labute approximate surface area is 116 Å². The van der Waals surface area contributed by atoms with E-state index in [2.05, 4.69) is 13.8 Å². The van der Waals surface area contributed by atoms with Crippen molar-refractivity contribution in [2.24, 2.45) is 17.8 Å². The summed E-state index contributed by atoms with van der Waals surface area (Å²) in [6.07, 6.45) is 8.71. The number of hydrogen-bond acceptors (Lipinski definition) is 1. The predicted octanol–water partition coefficient (Wildman–Crippen LogP) is 4.48. The molecular weight excluding hydrogens is 232 g/mol. The van der Waals surface area contributed by atoms with Gasteiger partial charge in [0.25, 0.3) is 0 Å². The van der Waals surface area contributed by atoms with Crippen LogP contribution in [-0.2, 0) is 5.41 Å². The average molecular weight is 256 g/mol. The maximum Gasteiger partial charge on any atom is 0.116 e. The zero-order valence-electron chi connectivity index (χ0n) is 12.1. The van der Waals surface area contributed by atoms with Crippen molar-refractivity contribution in [3.63, 3.8) is 0 Å². The predicted molar refractivity (Wildman–Crippen MR) is 77.4 cm³/mol. The second-order valence-corrected chi connectivity index (χ2v) is 7.65. The minimum Gasteiger partial charge on any atom is -0.508 e. The first-order valence-electron chi connectivity index (χ1n) is 7.86. The Morgan fingerprint density at radius 2 is 1.32 bits per heavy atom. The lowest BCUT2D eigenvalue weighted by Gasteiger charge is -2.57. The highest BCUT2D eigenvalue weighted by Crippen LogP contribution is 2.61. The van der Waals surface area contributed by atoms with E-state index in [1.54, 1.807) is 5.56 Å². The monoisotopic (exact) mass is 256 g/mol. The molecule has 1 aromatic rings. The van der Waals surface area contributed by atoms with Crippen molar-refractivity contribution in [3.05, 3.63) is 28.8 Å². The molecule has 0 atom stereocenters. The van der Waals surface area contributed by atoms with Crippen molar-refractivity contribution in [2.45, 2.75) is 57.8 Å². The molecule has 4 fully saturated rings. The van der Waals surface area contributed by atoms with E-state index in [4.69, 9.17) is 0 Å². The summed E-state index contributed by atoms with van der Waals surface area (Å²) in [6, 6.07) is 3.95. The highest BCUT2D eigenvalue weighted by molar-refractivity contribution is 5.46. The number of hydrogen-bond donors (Lipinski definition) is 1. The summed E-state index contributed by atoms with van der Waals surface area (Å²) in [5, 5.41) is 9.80. The van der Waals surface area contributed by atoms with E-state index >= 15 is 0 Å². The van der Waals surface area contributed by atoms with Crippen LogP contribution in [0.2, 0.25) is 0 Å². The van der Waals surface area contributed by atoms with Crippen LogP contribution in [-0.4, -0.2) is 5.11 Å². The highest BCUT2D eigenvalue weighted by atomic mass is 16.3. The van der Waals surface area contributed by atoms with Gasteiger partial charge in [0.2, 0.25) is 0 Å². The van der Waals surface area contributed by atoms with Gasteiger partial charge in [0.15, 0.2) is 0 Å². The van der Waals surface area contributed by atoms with Crippen LogP contribution < -0.4 is 0 Å². The second kappa shape index (κ2) is 3.77. The molecule has 1 heteroatoms. The summed E-state index contributed by atoms with van der Waals surface area (Å²) in [5.41, 5.74) is 4.68. The quantitative estimate of drug-likeness (QED) is 0.785. The van der Waals surface area contributed by atoms with Crippen LogP contribution >= 0.6 is 0 Å². The third kappa shape index (κ3) is 1.67. The Kier molecular flexibility index (Phi) is 2.35. The molecule has 1 aromatic carbocycles. The molecule has 102 valence electrons. The van der Waals surface area contributed by atoms with E-state index in [1.165, 1.54) is 49.7 Å². The minimum atomic E-state index is 0.434. The fraction of sp³-hybridized carbons (Fsp3) is 0.667. The molecule has 0 saturated heterocycles. The summed E-state index contributed by atoms with van der Waals surface area (Å²) in [7, 11) is 0. The van der Waals surface area contributed by atoms with Crippen LogP contribution in [0, 0.1) is 31.6 Å². The van der Waals surface area contributed by atoms with E-state index in [1.807, 2.05) is 12.1 Å². The van der Waals surface area contributed by atoms with E-state index < -0.39 is 0 Å². The van der Waals surface area contributed by atoms with Gasteiger partial charge in [-0.2, -0.15) is 0 Å². The molecule has 4 saturated carbocycles. The topological polar surface area (TPSA) is 20.2 Å². The summed E-state index contributed by atoms with van der Waals surface area (Å²) < 4.78 is 0. The summed E-state index contributed by atoms with van der Waals surface area (Å²) in [6.45, 7) is 4.39. The number of aromatic hydroxyl groups is 1. The smallest absolute Gasteiger partial charge is 0.116 e. The van der Waals surface area contributed by atoms with Crippen LogP contribution in [0.15, 0.2) is 12.1 Å². The fourth-order valence-corrected chi connectivity index (χ4v) is 6.19. The largest absolute Gasteiger partial charge is 0.508 e. The standard InChI is InChI=1S/C18H24O/c1-11-3-16(19)4-12(2)17(11)18-8-13-5-14(9-18)7-15(6-13)10-18/h3-4,13-15,19H,5-10H2,1-2H3. The zero-order chi connectivity index (χ0) is 13.2. The molecule has 0 heterocycles. The van der Waals surface area contributed by atoms with Crippen LogP contribution in [0.25, 0.3) is 0 Å². The molecule has 1 N–H and O–H groups in total. The molecule has 5 rings (SSSR count). The average Bonchev–Trinajstić information content (AvgIpc) is 2.24. The van der Waals surface area contributed by atoms with Gasteiger partial charge in [-0.15, -0.1) is 0 Å². The third-order valence-electron chi connectivity index (χ3n) is 6.09. The van der Waals surface area contributed by atoms with Crippen molar-refractivity contribution in [3.8, 4) is 5.75 Å². The Morgan fingerprint density at radius 1 is 0.895 bits per heavy atom. The van der Waals surface area contributed by atoms with E-state index in [9.17, 15) is 5.11 Å². The van der Waals surface area contributed by atoms with Gasteiger partial charge >= 0.3 is 0 Å². The molecule has 0 unspecified atom stereocenters. The van der Waals surface area contributed by atoms with Crippen molar-refractivity contribution >= 4 is 0 Å². The van der Waals surface area contributed by atoms with E-state index in [0.717, 1.165) is 17.8 Å². The van der Waals surface area contributed by atoms with E-state index in [0.29, 0.717) is 11.2 Å². The maximum absolute atomic E-state index is 9.80. The van der Waals surface area contributed by atoms with Gasteiger partial charge in [0, 0.05) is 0 Å². The molecule has 0 spiro atoms. The first-order chi connectivity index (χ1) is 9.06. The first-order valence-corrected chi connectivity index (χ1v) is 7.86. The van der Waals surface area contributed by atoms with Gasteiger partial charge in [-0.1, -0.05) is 0 Å². The number of phenolic OH excluding ortho intramolecular Hbond substituents is 1. The molecule has 1 nitrogen and oxygen atoms in total. The molecule has 19 heavy (non-hydrogen) atoms. The Balaban J connectivity index is 1.84. The molecule has 4 bridgehead atoms. The maximum atomic E-state index is 9.80. The van der Waals surface area contributed by atoms with Crippen LogP contribution in [0.5, 0.6) is 5.75 Å². The summed E-state index contributed by atoms with van der Waals surface area (Å²) in [4.78, 5) is 0. The Hall–Kier alpha value is -0.980. The fourth-order valence-electron chi connectivity index (χ4n) is 6.19. The normalized spacial score (nSPS) is 39.8. The molecule has 0 amide bonds. The number of benzene rings is 1. The summed E-state index contributed by atoms with van der Waals surface area (Å²) >= 11 is 0. The van der Waals surface area contributed by atoms with Crippen molar-refractivity contribution in [1.29, 1.82) is 0 Å². The van der Waals surface area contributed by atoms with E-state index in [-0.39, 0.29) is 0 Å². The van der Waals surface area contributed by atoms with Crippen molar-refractivity contribution < 1.29 is 5.11 Å². The van der Waals surface area contributed by atoms with Crippen LogP contribution in [0.4, 0.5) is 0 Å². The van der Waals surface area contributed by atoms with Gasteiger partial charge in [0.1, 0.15) is 5.75 Å².